The Kier molecular flexibility index (Phi) is 26.2. The minimum atomic E-state index is -4.72. The van der Waals surface area contributed by atoms with Crippen molar-refractivity contribution in [1.29, 1.82) is 5.26 Å². The summed E-state index contributed by atoms with van der Waals surface area (Å²) in [6, 6.07) is 7.73. The number of ketones is 1. The number of nitrogens with zero attached hydrogens (tertiary/aromatic N) is 13. The van der Waals surface area contributed by atoms with Crippen LogP contribution in [0.5, 0.6) is 11.5 Å². The Morgan fingerprint density at radius 1 is 0.659 bits per heavy atom. The second-order valence-corrected chi connectivity index (χ2v) is 20.8. The Morgan fingerprint density at radius 2 is 1.06 bits per heavy atom. The molecule has 6 aromatic rings. The number of benzene rings is 2. The van der Waals surface area contributed by atoms with E-state index in [0.717, 1.165) is 28.9 Å². The van der Waals surface area contributed by atoms with Crippen LogP contribution < -0.4 is 30.3 Å². The van der Waals surface area contributed by atoms with Crippen LogP contribution in [0.4, 0.5) is 37.7 Å². The van der Waals surface area contributed by atoms with Gasteiger partial charge in [-0.15, -0.1) is 23.2 Å². The number of rotatable bonds is 17. The van der Waals surface area contributed by atoms with Crippen LogP contribution in [0.1, 0.15) is 56.3 Å². The first-order chi connectivity index (χ1) is 40.3. The van der Waals surface area contributed by atoms with Crippen molar-refractivity contribution in [2.24, 2.45) is 5.73 Å². The van der Waals surface area contributed by atoms with Crippen LogP contribution in [0.2, 0.25) is 20.1 Å². The monoisotopic (exact) mass is 1310 g/mol. The number of anilines is 2. The Bertz CT molecular complexity index is 3230. The molecular formula is C52H59Cl6F6N15O6. The van der Waals surface area contributed by atoms with E-state index in [0.29, 0.717) is 74.1 Å². The van der Waals surface area contributed by atoms with E-state index in [1.807, 2.05) is 31.3 Å². The predicted octanol–water partition coefficient (Wildman–Crippen LogP) is 9.13. The summed E-state index contributed by atoms with van der Waals surface area (Å²) in [6.07, 6.45) is 3.05. The first kappa shape index (κ1) is 69.1. The molecule has 8 rings (SSSR count). The fourth-order valence-corrected chi connectivity index (χ4v) is 9.55. The molecule has 2 saturated heterocycles. The highest BCUT2D eigenvalue weighted by Crippen LogP contribution is 2.38. The first-order valence-corrected chi connectivity index (χ1v) is 28.3. The van der Waals surface area contributed by atoms with Crippen LogP contribution >= 0.6 is 69.6 Å². The quantitative estimate of drug-likeness (QED) is 0.0285. The normalized spacial score (nSPS) is 13.4. The zero-order valence-electron chi connectivity index (χ0n) is 46.2. The summed E-state index contributed by atoms with van der Waals surface area (Å²) >= 11 is 33.5. The highest BCUT2D eigenvalue weighted by atomic mass is 35.5. The van der Waals surface area contributed by atoms with Gasteiger partial charge in [-0.3, -0.25) is 28.5 Å². The van der Waals surface area contributed by atoms with E-state index in [1.54, 1.807) is 54.2 Å². The van der Waals surface area contributed by atoms with E-state index >= 15 is 0 Å². The number of aromatic nitrogens is 8. The van der Waals surface area contributed by atoms with E-state index in [-0.39, 0.29) is 76.9 Å². The van der Waals surface area contributed by atoms with Crippen molar-refractivity contribution in [3.8, 4) is 17.6 Å². The van der Waals surface area contributed by atoms with E-state index in [4.69, 9.17) is 90.1 Å². The van der Waals surface area contributed by atoms with Gasteiger partial charge in [0.2, 0.25) is 11.8 Å². The fourth-order valence-electron chi connectivity index (χ4n) is 8.58. The van der Waals surface area contributed by atoms with Crippen molar-refractivity contribution in [3.05, 3.63) is 116 Å². The fraction of sp³-hybridized carbons (Fsp3) is 0.442. The number of piperazine rings is 2. The lowest BCUT2D eigenvalue weighted by Gasteiger charge is -2.37. The van der Waals surface area contributed by atoms with Gasteiger partial charge in [-0.2, -0.15) is 41.8 Å². The summed E-state index contributed by atoms with van der Waals surface area (Å²) in [5, 5.41) is 18.5. The number of aryl methyl sites for hydroxylation is 2. The van der Waals surface area contributed by atoms with Gasteiger partial charge in [0.1, 0.15) is 30.7 Å². The zero-order chi connectivity index (χ0) is 62.8. The van der Waals surface area contributed by atoms with E-state index in [2.05, 4.69) is 25.5 Å². The second kappa shape index (κ2) is 32.2. The third kappa shape index (κ3) is 18.9. The minimum absolute atomic E-state index is 0.0453. The number of Topliss-reactive ketones (excluding diaryl/α,β-unsaturated/α-hetero) is 1. The average molecular weight is 1320 g/mol. The van der Waals surface area contributed by atoms with E-state index in [1.165, 1.54) is 39.0 Å². The van der Waals surface area contributed by atoms with Crippen LogP contribution in [-0.4, -0.2) is 157 Å². The van der Waals surface area contributed by atoms with E-state index in [9.17, 15) is 45.5 Å². The number of alkyl halides is 8. The Balaban J connectivity index is 0.000000263. The highest BCUT2D eigenvalue weighted by Gasteiger charge is 2.40. The molecule has 0 unspecified atom stereocenters. The summed E-state index contributed by atoms with van der Waals surface area (Å²) in [5.74, 6) is -1.15. The van der Waals surface area contributed by atoms with Crippen molar-refractivity contribution in [2.75, 3.05) is 94.8 Å². The van der Waals surface area contributed by atoms with E-state index < -0.39 is 52.0 Å². The highest BCUT2D eigenvalue weighted by molar-refractivity contribution is 6.40. The van der Waals surface area contributed by atoms with Crippen molar-refractivity contribution >= 4 is 104 Å². The maximum Gasteiger partial charge on any atom is 0.436 e. The first-order valence-electron chi connectivity index (χ1n) is 25.7. The summed E-state index contributed by atoms with van der Waals surface area (Å²) in [5.41, 5.74) is 4.51. The molecule has 85 heavy (non-hydrogen) atoms. The molecule has 2 aliphatic heterocycles. The topological polar surface area (TPSA) is 233 Å². The van der Waals surface area contributed by atoms with Crippen molar-refractivity contribution in [2.45, 2.75) is 65.2 Å². The Morgan fingerprint density at radius 3 is 1.41 bits per heavy atom. The number of nitriles is 1. The summed E-state index contributed by atoms with van der Waals surface area (Å²) in [4.78, 5) is 65.5. The minimum Gasteiger partial charge on any atom is -0.495 e. The van der Waals surface area contributed by atoms with Gasteiger partial charge in [0.15, 0.2) is 11.4 Å². The molecule has 2 aromatic carbocycles. The number of ether oxygens (including phenoxy) is 2. The molecule has 0 bridgehead atoms. The van der Waals surface area contributed by atoms with Gasteiger partial charge >= 0.3 is 12.4 Å². The largest absolute Gasteiger partial charge is 0.495 e. The molecule has 2 fully saturated rings. The molecule has 6 heterocycles. The molecular weight excluding hydrogens is 1260 g/mol. The number of hydrogen-bond acceptors (Lipinski definition) is 14. The molecule has 4 aromatic heterocycles. The van der Waals surface area contributed by atoms with Gasteiger partial charge in [-0.25, -0.2) is 9.97 Å². The van der Waals surface area contributed by atoms with Crippen LogP contribution in [0, 0.1) is 25.2 Å². The standard InChI is InChI=1S/C25H28Cl2F3N7O3.C20H18Cl2F3N5O3.C6H11N3.CH2Cl2/c1-16-22(27)23(25(28,29)30)33-37(16)14-21(38)36-10-8-35(9-11-36)19-13-20(40-2)18(26)12-17(19)24(39)32-4-3-6-34-7-5-31-15-34;1-11-18(22)19(20(23,24)25)27-30(11)10-17(32)29-5-3-28(4-6-29)14-8-16(33-2)13(21)7-12(14)15(31)9-26;7-2-1-4-9-5-3-8-6-9;2-1-3/h5,7,12-13,15H,3-4,6,8-11,14H2,1-2H3,(H,32,39);7-8H,3-6,10H2,1-2H3;3,5-6H,1-2,4,7H2;1H2. The molecule has 3 amide bonds. The molecule has 3 N–H and O–H groups in total. The van der Waals surface area contributed by atoms with Crippen molar-refractivity contribution in [3.63, 3.8) is 0 Å². The van der Waals surface area contributed by atoms with Gasteiger partial charge < -0.3 is 49.3 Å². The molecule has 0 aliphatic carbocycles. The molecule has 0 saturated carbocycles. The van der Waals surface area contributed by atoms with Gasteiger partial charge in [0, 0.05) is 109 Å². The zero-order valence-corrected chi connectivity index (χ0v) is 50.7. The number of imidazole rings is 2. The van der Waals surface area contributed by atoms with Crippen LogP contribution in [0.25, 0.3) is 0 Å². The second-order valence-electron chi connectivity index (χ2n) is 18.4. The number of carbonyl (C=O) groups is 4. The SMILES string of the molecule is COc1cc(N2CCN(C(=O)Cn3nc(C(F)(F)F)c(Cl)c3C)CC2)c(C(=O)C#N)cc1Cl.COc1cc(N2CCN(C(=O)Cn3nc(C(F)(F)F)c(Cl)c3C)CC2)c(C(=O)NCCCn2ccnc2)cc1Cl.ClCCl.NCCCn1ccnc1. The third-order valence-corrected chi connectivity index (χ3v) is 14.6. The van der Waals surface area contributed by atoms with Gasteiger partial charge in [0.25, 0.3) is 11.7 Å². The predicted molar refractivity (Wildman–Crippen MR) is 309 cm³/mol. The number of halogens is 12. The lowest BCUT2D eigenvalue weighted by molar-refractivity contribution is -0.142. The smallest absolute Gasteiger partial charge is 0.436 e. The van der Waals surface area contributed by atoms with Gasteiger partial charge in [-0.1, -0.05) is 46.4 Å². The number of carbonyl (C=O) groups excluding carboxylic acids is 4. The Hall–Kier alpha value is -6.67. The van der Waals surface area contributed by atoms with Crippen molar-refractivity contribution < 1.29 is 55.0 Å². The average Bonchev–Trinajstić information content (AvgIpc) is 4.54. The molecule has 21 nitrogen and oxygen atoms in total. The third-order valence-electron chi connectivity index (χ3n) is 13.1. The maximum absolute atomic E-state index is 13.1. The number of amides is 3. The number of methoxy groups -OCH3 is 2. The number of nitrogens with two attached hydrogens (primary N) is 1. The van der Waals surface area contributed by atoms with Crippen LogP contribution in [0.15, 0.2) is 61.7 Å². The van der Waals surface area contributed by atoms with Crippen LogP contribution in [0.3, 0.4) is 0 Å². The van der Waals surface area contributed by atoms with Crippen LogP contribution in [-0.2, 0) is 48.1 Å². The molecule has 462 valence electrons. The lowest BCUT2D eigenvalue weighted by Crippen LogP contribution is -2.50. The summed E-state index contributed by atoms with van der Waals surface area (Å²) < 4.78 is 94.9. The molecule has 33 heteroatoms. The number of hydrogen-bond donors (Lipinski definition) is 2. The maximum atomic E-state index is 13.1. The summed E-state index contributed by atoms with van der Waals surface area (Å²) in [7, 11) is 2.90. The number of nitrogens with one attached hydrogen (secondary N) is 1. The molecule has 0 radical (unpaired) electrons. The molecule has 2 aliphatic rings. The lowest BCUT2D eigenvalue weighted by atomic mass is 10.1. The van der Waals surface area contributed by atoms with Crippen molar-refractivity contribution in [1.82, 2.24) is 53.8 Å². The summed E-state index contributed by atoms with van der Waals surface area (Å²) in [6.45, 7) is 7.29. The molecule has 0 atom stereocenters. The van der Waals surface area contributed by atoms with Gasteiger partial charge in [0.05, 0.1) is 86.2 Å². The Labute approximate surface area is 514 Å². The molecule has 0 spiro atoms. The van der Waals surface area contributed by atoms with Gasteiger partial charge in [-0.05, 0) is 45.4 Å².